The molecule has 0 aromatic heterocycles. The summed E-state index contributed by atoms with van der Waals surface area (Å²) in [5.41, 5.74) is 1.36. The zero-order valence-electron chi connectivity index (χ0n) is 28.3. The van der Waals surface area contributed by atoms with Crippen molar-refractivity contribution in [3.8, 4) is 5.75 Å². The molecule has 0 saturated heterocycles. The van der Waals surface area contributed by atoms with E-state index in [1.807, 2.05) is 46.1 Å². The highest BCUT2D eigenvalue weighted by atomic mass is 16.5. The number of benzene rings is 2. The number of nitrogens with zero attached hydrogens (tertiary/aromatic N) is 3. The third kappa shape index (κ3) is 11.6. The molecule has 2 aromatic rings. The molecule has 0 unspecified atom stereocenters. The zero-order chi connectivity index (χ0) is 33.6. The standard InChI is InChI=1S/C35H53N5O6/c1-25-22-40(26(2)24-41)34(43)30-21-29(37-35(44)36-28-14-8-7-9-15-28)17-18-31(30)46-27(3)13-10-11-20-45-32(25)23-39(6)33(42)16-12-19-38(4)5/h7-9,14-15,17-18,21,25-27,32,41H,10-13,16,19-20,22-24H2,1-6H3,(H2,36,37,44)/t25-,26+,27-,32+/m1/s1. The van der Waals surface area contributed by atoms with Gasteiger partial charge in [-0.2, -0.15) is 0 Å². The van der Waals surface area contributed by atoms with Crippen molar-refractivity contribution in [2.45, 2.75) is 71.1 Å². The van der Waals surface area contributed by atoms with Crippen LogP contribution in [0, 0.1) is 5.92 Å². The first-order valence-corrected chi connectivity index (χ1v) is 16.3. The summed E-state index contributed by atoms with van der Waals surface area (Å²) in [6.45, 7) is 7.59. The molecule has 0 radical (unpaired) electrons. The van der Waals surface area contributed by atoms with Crippen LogP contribution in [0.2, 0.25) is 0 Å². The molecule has 2 aromatic carbocycles. The van der Waals surface area contributed by atoms with E-state index in [0.29, 0.717) is 42.3 Å². The monoisotopic (exact) mass is 639 g/mol. The minimum absolute atomic E-state index is 0.0601. The number of carbonyl (C=O) groups is 3. The predicted molar refractivity (Wildman–Crippen MR) is 181 cm³/mol. The van der Waals surface area contributed by atoms with E-state index < -0.39 is 12.1 Å². The van der Waals surface area contributed by atoms with Crippen LogP contribution in [0.4, 0.5) is 16.2 Å². The van der Waals surface area contributed by atoms with Crippen molar-refractivity contribution in [2.24, 2.45) is 5.92 Å². The van der Waals surface area contributed by atoms with Crippen LogP contribution in [0.15, 0.2) is 48.5 Å². The first-order chi connectivity index (χ1) is 22.0. The lowest BCUT2D eigenvalue weighted by molar-refractivity contribution is -0.132. The second kappa shape index (κ2) is 18.5. The van der Waals surface area contributed by atoms with Crippen LogP contribution in [-0.2, 0) is 9.53 Å². The molecule has 46 heavy (non-hydrogen) atoms. The van der Waals surface area contributed by atoms with Gasteiger partial charge in [-0.3, -0.25) is 9.59 Å². The van der Waals surface area contributed by atoms with E-state index in [0.717, 1.165) is 32.2 Å². The number of hydrogen-bond acceptors (Lipinski definition) is 7. The van der Waals surface area contributed by atoms with Gasteiger partial charge in [-0.1, -0.05) is 25.1 Å². The number of amides is 4. The maximum absolute atomic E-state index is 14.3. The van der Waals surface area contributed by atoms with Crippen LogP contribution in [0.3, 0.4) is 0 Å². The van der Waals surface area contributed by atoms with Crippen molar-refractivity contribution in [2.75, 3.05) is 64.6 Å². The quantitative estimate of drug-likeness (QED) is 0.337. The fourth-order valence-electron chi connectivity index (χ4n) is 5.39. The number of para-hydroxylation sites is 1. The Morgan fingerprint density at radius 3 is 2.46 bits per heavy atom. The Kier molecular flexibility index (Phi) is 14.8. The summed E-state index contributed by atoms with van der Waals surface area (Å²) in [5, 5.41) is 15.8. The molecule has 3 N–H and O–H groups in total. The van der Waals surface area contributed by atoms with Crippen LogP contribution >= 0.6 is 0 Å². The second-order valence-electron chi connectivity index (χ2n) is 12.6. The van der Waals surface area contributed by atoms with Gasteiger partial charge in [0.1, 0.15) is 5.75 Å². The molecule has 11 nitrogen and oxygen atoms in total. The maximum Gasteiger partial charge on any atom is 0.323 e. The minimum Gasteiger partial charge on any atom is -0.490 e. The molecular formula is C35H53N5O6. The summed E-state index contributed by atoms with van der Waals surface area (Å²) in [7, 11) is 5.78. The molecule has 3 rings (SSSR count). The molecule has 0 fully saturated rings. The average Bonchev–Trinajstić information content (AvgIpc) is 3.02. The van der Waals surface area contributed by atoms with E-state index in [4.69, 9.17) is 9.47 Å². The van der Waals surface area contributed by atoms with Crippen LogP contribution < -0.4 is 15.4 Å². The van der Waals surface area contributed by atoms with Gasteiger partial charge >= 0.3 is 6.03 Å². The van der Waals surface area contributed by atoms with Gasteiger partial charge < -0.3 is 39.9 Å². The third-order valence-corrected chi connectivity index (χ3v) is 8.22. The summed E-state index contributed by atoms with van der Waals surface area (Å²) in [6.07, 6.45) is 3.22. The molecule has 254 valence electrons. The van der Waals surface area contributed by atoms with Gasteiger partial charge in [0.2, 0.25) is 5.91 Å². The highest BCUT2D eigenvalue weighted by Gasteiger charge is 2.31. The SMILES string of the molecule is C[C@@H]1CCCCO[C@@H](CN(C)C(=O)CCCN(C)C)[C@H](C)CN([C@@H](C)CO)C(=O)c2cc(NC(=O)Nc3ccccc3)ccc2O1. The number of hydrogen-bond donors (Lipinski definition) is 3. The molecule has 1 heterocycles. The van der Waals surface area contributed by atoms with Crippen molar-refractivity contribution in [1.29, 1.82) is 0 Å². The fraction of sp³-hybridized carbons (Fsp3) is 0.571. The predicted octanol–water partition coefficient (Wildman–Crippen LogP) is 4.93. The topological polar surface area (TPSA) is 124 Å². The van der Waals surface area contributed by atoms with E-state index in [-0.39, 0.29) is 43.1 Å². The summed E-state index contributed by atoms with van der Waals surface area (Å²) in [6, 6.07) is 13.2. The summed E-state index contributed by atoms with van der Waals surface area (Å²) < 4.78 is 12.7. The number of rotatable bonds is 10. The van der Waals surface area contributed by atoms with Crippen LogP contribution in [0.5, 0.6) is 5.75 Å². The molecule has 11 heteroatoms. The largest absolute Gasteiger partial charge is 0.490 e. The molecule has 1 aliphatic heterocycles. The zero-order valence-corrected chi connectivity index (χ0v) is 28.3. The number of ether oxygens (including phenoxy) is 2. The van der Waals surface area contributed by atoms with Gasteiger partial charge in [-0.15, -0.1) is 0 Å². The fourth-order valence-corrected chi connectivity index (χ4v) is 5.39. The van der Waals surface area contributed by atoms with Crippen molar-refractivity contribution in [3.05, 3.63) is 54.1 Å². The van der Waals surface area contributed by atoms with Crippen molar-refractivity contribution < 1.29 is 29.0 Å². The van der Waals surface area contributed by atoms with Crippen molar-refractivity contribution in [3.63, 3.8) is 0 Å². The Bertz CT molecular complexity index is 1260. The number of urea groups is 1. The molecule has 0 saturated carbocycles. The number of nitrogens with one attached hydrogen (secondary N) is 2. The van der Waals surface area contributed by atoms with Gasteiger partial charge in [0.05, 0.1) is 30.4 Å². The van der Waals surface area contributed by atoms with Crippen LogP contribution in [0.25, 0.3) is 0 Å². The van der Waals surface area contributed by atoms with E-state index >= 15 is 0 Å². The molecule has 0 spiro atoms. The normalized spacial score (nSPS) is 20.2. The van der Waals surface area contributed by atoms with E-state index in [1.165, 1.54) is 0 Å². The molecule has 4 amide bonds. The van der Waals surface area contributed by atoms with Gasteiger partial charge in [0.25, 0.3) is 5.91 Å². The van der Waals surface area contributed by atoms with Gasteiger partial charge in [0.15, 0.2) is 0 Å². The highest BCUT2D eigenvalue weighted by molar-refractivity contribution is 6.02. The smallest absolute Gasteiger partial charge is 0.323 e. The van der Waals surface area contributed by atoms with E-state index in [9.17, 15) is 19.5 Å². The lowest BCUT2D eigenvalue weighted by Gasteiger charge is -2.36. The number of likely N-dealkylation sites (N-methyl/N-ethyl adjacent to an activating group) is 1. The Morgan fingerprint density at radius 1 is 1.04 bits per heavy atom. The lowest BCUT2D eigenvalue weighted by Crippen LogP contribution is -2.48. The maximum atomic E-state index is 14.3. The van der Waals surface area contributed by atoms with Crippen molar-refractivity contribution in [1.82, 2.24) is 14.7 Å². The molecule has 0 aliphatic carbocycles. The van der Waals surface area contributed by atoms with Crippen LogP contribution in [0.1, 0.15) is 63.2 Å². The highest BCUT2D eigenvalue weighted by Crippen LogP contribution is 2.28. The van der Waals surface area contributed by atoms with Gasteiger partial charge in [-0.25, -0.2) is 4.79 Å². The first kappa shape index (κ1) is 36.8. The van der Waals surface area contributed by atoms with E-state index in [2.05, 4.69) is 15.5 Å². The summed E-state index contributed by atoms with van der Waals surface area (Å²) in [4.78, 5) is 45.4. The number of aliphatic hydroxyl groups is 1. The average molecular weight is 640 g/mol. The Labute approximate surface area is 274 Å². The molecule has 4 atom stereocenters. The summed E-state index contributed by atoms with van der Waals surface area (Å²) in [5.74, 6) is -0.00187. The van der Waals surface area contributed by atoms with Crippen molar-refractivity contribution >= 4 is 29.2 Å². The van der Waals surface area contributed by atoms with Gasteiger partial charge in [-0.05, 0) is 90.5 Å². The first-order valence-electron chi connectivity index (χ1n) is 16.3. The van der Waals surface area contributed by atoms with Crippen LogP contribution in [-0.4, -0.2) is 110 Å². The Hall–Kier alpha value is -3.67. The molecule has 0 bridgehead atoms. The van der Waals surface area contributed by atoms with E-state index in [1.54, 1.807) is 54.1 Å². The molecular weight excluding hydrogens is 586 g/mol. The second-order valence-corrected chi connectivity index (χ2v) is 12.6. The number of aliphatic hydroxyl groups excluding tert-OH is 1. The molecule has 1 aliphatic rings. The number of fused-ring (bicyclic) bond motifs is 1. The number of anilines is 2. The number of carbonyl (C=O) groups excluding carboxylic acids is 3. The third-order valence-electron chi connectivity index (χ3n) is 8.22. The lowest BCUT2D eigenvalue weighted by atomic mass is 10.0. The van der Waals surface area contributed by atoms with Gasteiger partial charge in [0, 0.05) is 50.5 Å². The minimum atomic E-state index is -0.503. The Balaban J connectivity index is 1.87. The summed E-state index contributed by atoms with van der Waals surface area (Å²) >= 11 is 0. The Morgan fingerprint density at radius 2 is 1.76 bits per heavy atom.